The number of hydrogen-bond donors (Lipinski definition) is 5. The summed E-state index contributed by atoms with van der Waals surface area (Å²) >= 11 is 0. The van der Waals surface area contributed by atoms with E-state index in [9.17, 15) is 39.6 Å². The minimum atomic E-state index is -1.64. The largest absolute Gasteiger partial charge is 0.394 e. The van der Waals surface area contributed by atoms with Gasteiger partial charge in [0.2, 0.25) is 11.3 Å². The molecule has 0 amide bonds. The third-order valence-electron chi connectivity index (χ3n) is 6.09. The number of fused-ring (bicyclic) bond motifs is 2. The lowest BCUT2D eigenvalue weighted by molar-refractivity contribution is -0.301. The number of ketones is 2. The molecule has 182 valence electrons. The summed E-state index contributed by atoms with van der Waals surface area (Å²) in [7, 11) is 0. The first-order chi connectivity index (χ1) is 16.1. The van der Waals surface area contributed by atoms with Crippen LogP contribution in [0, 0.1) is 13.8 Å². The molecular formula is C22H24N2O10. The Morgan fingerprint density at radius 2 is 1.65 bits per heavy atom. The summed E-state index contributed by atoms with van der Waals surface area (Å²) in [6.45, 7) is 1.91. The quantitative estimate of drug-likeness (QED) is 0.269. The van der Waals surface area contributed by atoms with Crippen molar-refractivity contribution in [2.45, 2.75) is 51.1 Å². The number of carbonyl (C=O) groups is 2. The van der Waals surface area contributed by atoms with Gasteiger partial charge in [-0.2, -0.15) is 0 Å². The zero-order valence-corrected chi connectivity index (χ0v) is 18.3. The maximum Gasteiger partial charge on any atom is 0.251 e. The standard InChI is InChI=1S/C22H24N2O10/c1-8-5-11(26)23-15-13(8)18(29)14-9(2)6-12(27)24(16(14)19(15)30)3-4-33-22-21(32)20(31)17(28)10(7-25)34-22/h5-6,10,17,20-22,25,28,31-32H,3-4,7H2,1-2H3,(H,23,26). The minimum Gasteiger partial charge on any atom is -0.394 e. The van der Waals surface area contributed by atoms with Crippen molar-refractivity contribution in [2.75, 3.05) is 13.2 Å². The lowest BCUT2D eigenvalue weighted by atomic mass is 9.85. The van der Waals surface area contributed by atoms with Crippen LogP contribution in [0.25, 0.3) is 0 Å². The van der Waals surface area contributed by atoms with E-state index in [-0.39, 0.29) is 35.7 Å². The molecule has 0 bridgehead atoms. The molecule has 2 aliphatic rings. The Kier molecular flexibility index (Phi) is 6.38. The summed E-state index contributed by atoms with van der Waals surface area (Å²) in [4.78, 5) is 53.6. The Morgan fingerprint density at radius 1 is 0.971 bits per heavy atom. The lowest BCUT2D eigenvalue weighted by Crippen LogP contribution is -2.59. The van der Waals surface area contributed by atoms with Crippen molar-refractivity contribution in [3.8, 4) is 0 Å². The molecule has 2 aromatic rings. The van der Waals surface area contributed by atoms with Gasteiger partial charge in [0.25, 0.3) is 5.56 Å². The molecule has 2 aromatic heterocycles. The molecule has 12 nitrogen and oxygen atoms in total. The van der Waals surface area contributed by atoms with Gasteiger partial charge in [0.1, 0.15) is 35.8 Å². The highest BCUT2D eigenvalue weighted by molar-refractivity contribution is 6.27. The van der Waals surface area contributed by atoms with Crippen LogP contribution in [-0.4, -0.2) is 85.5 Å². The van der Waals surface area contributed by atoms with E-state index < -0.39 is 60.0 Å². The average molecular weight is 476 g/mol. The molecule has 1 fully saturated rings. The molecule has 1 aliphatic heterocycles. The second-order valence-corrected chi connectivity index (χ2v) is 8.33. The zero-order valence-electron chi connectivity index (χ0n) is 18.3. The van der Waals surface area contributed by atoms with Crippen molar-refractivity contribution in [3.05, 3.63) is 66.5 Å². The van der Waals surface area contributed by atoms with Crippen molar-refractivity contribution < 1.29 is 39.5 Å². The van der Waals surface area contributed by atoms with E-state index >= 15 is 0 Å². The molecule has 12 heteroatoms. The highest BCUT2D eigenvalue weighted by Crippen LogP contribution is 2.29. The predicted octanol–water partition coefficient (Wildman–Crippen LogP) is -2.25. The minimum absolute atomic E-state index is 0.0417. The van der Waals surface area contributed by atoms with Gasteiger partial charge in [-0.1, -0.05) is 0 Å². The van der Waals surface area contributed by atoms with Gasteiger partial charge in [0, 0.05) is 18.7 Å². The van der Waals surface area contributed by atoms with Crippen LogP contribution in [0.2, 0.25) is 0 Å². The zero-order chi connectivity index (χ0) is 24.9. The van der Waals surface area contributed by atoms with Crippen molar-refractivity contribution in [1.29, 1.82) is 0 Å². The fourth-order valence-electron chi connectivity index (χ4n) is 4.37. The van der Waals surface area contributed by atoms with Crippen molar-refractivity contribution in [3.63, 3.8) is 0 Å². The third kappa shape index (κ3) is 3.83. The number of aliphatic hydroxyl groups excluding tert-OH is 4. The molecule has 0 aromatic carbocycles. The van der Waals surface area contributed by atoms with Crippen molar-refractivity contribution in [1.82, 2.24) is 9.55 Å². The number of aryl methyl sites for hydroxylation is 2. The number of aliphatic hydroxyl groups is 4. The van der Waals surface area contributed by atoms with E-state index in [4.69, 9.17) is 9.47 Å². The van der Waals surface area contributed by atoms with E-state index in [1.165, 1.54) is 19.1 Å². The summed E-state index contributed by atoms with van der Waals surface area (Å²) < 4.78 is 11.7. The van der Waals surface area contributed by atoms with Gasteiger partial charge in [0.05, 0.1) is 24.3 Å². The summed E-state index contributed by atoms with van der Waals surface area (Å²) in [5.74, 6) is -1.20. The van der Waals surface area contributed by atoms with E-state index in [1.54, 1.807) is 6.92 Å². The van der Waals surface area contributed by atoms with Crippen LogP contribution in [0.3, 0.4) is 0 Å². The van der Waals surface area contributed by atoms with Gasteiger partial charge in [-0.25, -0.2) is 0 Å². The third-order valence-corrected chi connectivity index (χ3v) is 6.09. The molecule has 5 atom stereocenters. The molecule has 3 heterocycles. The maximum atomic E-state index is 13.3. The molecule has 5 N–H and O–H groups in total. The second kappa shape index (κ2) is 8.98. The summed E-state index contributed by atoms with van der Waals surface area (Å²) in [6.07, 6.45) is -7.43. The first-order valence-corrected chi connectivity index (χ1v) is 10.6. The number of H-pyrrole nitrogens is 1. The number of nitrogens with zero attached hydrogens (tertiary/aromatic N) is 1. The Hall–Kier alpha value is -3.00. The van der Waals surface area contributed by atoms with Gasteiger partial charge in [-0.3, -0.25) is 19.2 Å². The van der Waals surface area contributed by atoms with Crippen LogP contribution in [0.5, 0.6) is 0 Å². The van der Waals surface area contributed by atoms with Crippen LogP contribution < -0.4 is 11.1 Å². The molecule has 0 saturated carbocycles. The second-order valence-electron chi connectivity index (χ2n) is 8.33. The fourth-order valence-corrected chi connectivity index (χ4v) is 4.37. The number of rotatable bonds is 5. The van der Waals surface area contributed by atoms with E-state index in [0.29, 0.717) is 11.1 Å². The first kappa shape index (κ1) is 24.1. The topological polar surface area (TPSA) is 188 Å². The lowest BCUT2D eigenvalue weighted by Gasteiger charge is -2.39. The average Bonchev–Trinajstić information content (AvgIpc) is 2.78. The number of hydrogen-bond acceptors (Lipinski definition) is 10. The van der Waals surface area contributed by atoms with Gasteiger partial charge in [-0.05, 0) is 25.0 Å². The molecule has 0 radical (unpaired) electrons. The summed E-state index contributed by atoms with van der Waals surface area (Å²) in [6, 6.07) is 2.43. The maximum absolute atomic E-state index is 13.3. The normalized spacial score (nSPS) is 26.4. The number of nitrogens with one attached hydrogen (secondary N) is 1. The number of pyridine rings is 2. The van der Waals surface area contributed by atoms with Crippen LogP contribution in [-0.2, 0) is 16.0 Å². The highest BCUT2D eigenvalue weighted by atomic mass is 16.7. The van der Waals surface area contributed by atoms with Gasteiger partial charge >= 0.3 is 0 Å². The van der Waals surface area contributed by atoms with E-state index in [2.05, 4.69) is 4.98 Å². The molecule has 4 rings (SSSR count). The van der Waals surface area contributed by atoms with Gasteiger partial charge in [-0.15, -0.1) is 0 Å². The summed E-state index contributed by atoms with van der Waals surface area (Å²) in [5, 5.41) is 39.1. The Morgan fingerprint density at radius 3 is 2.32 bits per heavy atom. The van der Waals surface area contributed by atoms with Crippen molar-refractivity contribution in [2.24, 2.45) is 0 Å². The molecule has 5 unspecified atom stereocenters. The highest BCUT2D eigenvalue weighted by Gasteiger charge is 2.44. The Balaban J connectivity index is 1.65. The van der Waals surface area contributed by atoms with Crippen LogP contribution >= 0.6 is 0 Å². The SMILES string of the molecule is Cc1cc(=O)[nH]c2c1C(=O)c1c(C)cc(=O)n(CCOC3OC(CO)C(O)C(O)C3O)c1C2=O. The molecule has 0 spiro atoms. The number of carbonyl (C=O) groups excluding carboxylic acids is 2. The number of aromatic amines is 1. The first-order valence-electron chi connectivity index (χ1n) is 10.6. The van der Waals surface area contributed by atoms with Gasteiger partial charge < -0.3 is 39.5 Å². The monoisotopic (exact) mass is 476 g/mol. The van der Waals surface area contributed by atoms with Crippen LogP contribution in [0.1, 0.15) is 43.2 Å². The Labute approximate surface area is 192 Å². The molecule has 1 aliphatic carbocycles. The molecule has 34 heavy (non-hydrogen) atoms. The molecular weight excluding hydrogens is 452 g/mol. The van der Waals surface area contributed by atoms with Crippen LogP contribution in [0.4, 0.5) is 0 Å². The fraction of sp³-hybridized carbons (Fsp3) is 0.455. The number of aromatic nitrogens is 2. The van der Waals surface area contributed by atoms with Crippen LogP contribution in [0.15, 0.2) is 21.7 Å². The molecule has 1 saturated heterocycles. The van der Waals surface area contributed by atoms with Crippen molar-refractivity contribution >= 4 is 11.6 Å². The number of ether oxygens (including phenoxy) is 2. The van der Waals surface area contributed by atoms with E-state index in [0.717, 1.165) is 4.57 Å². The smallest absolute Gasteiger partial charge is 0.251 e. The summed E-state index contributed by atoms with van der Waals surface area (Å²) in [5.41, 5.74) is -0.784. The van der Waals surface area contributed by atoms with E-state index in [1.807, 2.05) is 0 Å². The van der Waals surface area contributed by atoms with Gasteiger partial charge in [0.15, 0.2) is 12.1 Å². The predicted molar refractivity (Wildman–Crippen MR) is 114 cm³/mol. The Bertz CT molecular complexity index is 1280.